The first-order valence-electron chi connectivity index (χ1n) is 18.0. The predicted molar refractivity (Wildman–Crippen MR) is 208 cm³/mol. The number of rotatable bonds is 18. The number of ether oxygens (including phenoxy) is 1. The van der Waals surface area contributed by atoms with E-state index >= 15 is 0 Å². The Morgan fingerprint density at radius 1 is 0.811 bits per heavy atom. The van der Waals surface area contributed by atoms with E-state index in [1.54, 1.807) is 18.5 Å². The maximum Gasteiger partial charge on any atom is 0.305 e. The van der Waals surface area contributed by atoms with Crippen molar-refractivity contribution in [2.24, 2.45) is 0 Å². The average Bonchev–Trinajstić information content (AvgIpc) is 3.65. The summed E-state index contributed by atoms with van der Waals surface area (Å²) in [6.45, 7) is 9.07. The second-order valence-corrected chi connectivity index (χ2v) is 15.4. The third-order valence-corrected chi connectivity index (χ3v) is 10.1. The molecule has 0 saturated heterocycles. The maximum atomic E-state index is 13.6. The number of aliphatic carboxylic acids is 1. The van der Waals surface area contributed by atoms with Crippen LogP contribution in [0.4, 0.5) is 0 Å². The molecule has 2 heterocycles. The zero-order valence-corrected chi connectivity index (χ0v) is 32.3. The first-order valence-corrected chi connectivity index (χ1v) is 18.9. The molecular formula is C41H51N5O6S. The Morgan fingerprint density at radius 3 is 2.04 bits per heavy atom. The lowest BCUT2D eigenvalue weighted by Crippen LogP contribution is -2.54. The summed E-state index contributed by atoms with van der Waals surface area (Å²) in [5.74, 6) is -1.55. The fourth-order valence-electron chi connectivity index (χ4n) is 5.55. The number of aromatic nitrogens is 2. The van der Waals surface area contributed by atoms with Crippen molar-refractivity contribution in [3.05, 3.63) is 88.4 Å². The fraction of sp³-hybridized carbons (Fsp3) is 0.415. The van der Waals surface area contributed by atoms with E-state index in [2.05, 4.69) is 48.3 Å². The van der Waals surface area contributed by atoms with Crippen LogP contribution in [0.15, 0.2) is 73.1 Å². The van der Waals surface area contributed by atoms with Gasteiger partial charge in [-0.2, -0.15) is 0 Å². The normalized spacial score (nSPS) is 12.4. The van der Waals surface area contributed by atoms with E-state index in [-0.39, 0.29) is 11.8 Å². The summed E-state index contributed by atoms with van der Waals surface area (Å²) in [6, 6.07) is 16.4. The third-order valence-electron chi connectivity index (χ3n) is 8.63. The summed E-state index contributed by atoms with van der Waals surface area (Å²) in [4.78, 5) is 63.1. The van der Waals surface area contributed by atoms with Crippen LogP contribution in [0.5, 0.6) is 5.75 Å². The van der Waals surface area contributed by atoms with Crippen LogP contribution in [0, 0.1) is 0 Å². The number of likely N-dealkylation sites (N-methyl/N-ethyl adjacent to an activating group) is 1. The fourth-order valence-corrected chi connectivity index (χ4v) is 6.52. The number of hydrogen-bond acceptors (Lipinski definition) is 8. The van der Waals surface area contributed by atoms with E-state index in [0.29, 0.717) is 17.3 Å². The molecule has 53 heavy (non-hydrogen) atoms. The highest BCUT2D eigenvalue weighted by Gasteiger charge is 2.30. The Kier molecular flexibility index (Phi) is 14.7. The van der Waals surface area contributed by atoms with E-state index in [4.69, 9.17) is 4.74 Å². The summed E-state index contributed by atoms with van der Waals surface area (Å²) in [5, 5.41) is 14.8. The van der Waals surface area contributed by atoms with Gasteiger partial charge in [-0.3, -0.25) is 19.2 Å². The summed E-state index contributed by atoms with van der Waals surface area (Å²) in [5.41, 5.74) is 3.18. The molecule has 2 unspecified atom stereocenters. The highest BCUT2D eigenvalue weighted by molar-refractivity contribution is 7.14. The zero-order valence-electron chi connectivity index (χ0n) is 31.5. The predicted octanol–water partition coefficient (Wildman–Crippen LogP) is 6.91. The van der Waals surface area contributed by atoms with E-state index in [9.17, 15) is 24.3 Å². The van der Waals surface area contributed by atoms with Crippen molar-refractivity contribution in [2.45, 2.75) is 90.1 Å². The lowest BCUT2D eigenvalue weighted by atomic mass is 9.95. The van der Waals surface area contributed by atoms with Crippen molar-refractivity contribution in [1.29, 1.82) is 0 Å². The Labute approximate surface area is 316 Å². The number of hydrogen-bond donors (Lipinski definition) is 3. The number of carboxylic acids is 1. The maximum absolute atomic E-state index is 13.6. The van der Waals surface area contributed by atoms with E-state index in [1.807, 2.05) is 54.6 Å². The van der Waals surface area contributed by atoms with Gasteiger partial charge in [0, 0.05) is 48.9 Å². The van der Waals surface area contributed by atoms with Gasteiger partial charge in [0.25, 0.3) is 5.91 Å². The molecule has 2 aromatic carbocycles. The van der Waals surface area contributed by atoms with Gasteiger partial charge < -0.3 is 25.4 Å². The van der Waals surface area contributed by atoms with Crippen LogP contribution in [0.2, 0.25) is 0 Å². The third kappa shape index (κ3) is 12.2. The van der Waals surface area contributed by atoms with Gasteiger partial charge in [0.05, 0.1) is 17.9 Å². The van der Waals surface area contributed by atoms with Crippen molar-refractivity contribution in [3.8, 4) is 28.3 Å². The van der Waals surface area contributed by atoms with Crippen molar-refractivity contribution >= 4 is 35.0 Å². The molecule has 0 aliphatic carbocycles. The van der Waals surface area contributed by atoms with Crippen LogP contribution in [0.25, 0.3) is 22.5 Å². The van der Waals surface area contributed by atoms with Gasteiger partial charge in [-0.05, 0) is 47.2 Å². The van der Waals surface area contributed by atoms with Crippen molar-refractivity contribution < 1.29 is 29.0 Å². The van der Waals surface area contributed by atoms with Crippen LogP contribution in [0.3, 0.4) is 0 Å². The molecule has 0 bridgehead atoms. The standard InChI is InChI=1S/C41H51N5O6S/c1-7-8-9-10-11-22-52-31-18-16-28(17-19-31)30-25-42-37(43-26-30)29-14-12-27(13-15-29)23-32(38(49)45-33(24-36(47)48)40(51)46(5)6)44-39(50)34-20-21-35(53-34)41(2,3)4/h12-21,25-26,32-33H,7-11,22-24H2,1-6H3,(H,44,50)(H,45,49)(H,47,48). The molecule has 4 aromatic rings. The van der Waals surface area contributed by atoms with Gasteiger partial charge >= 0.3 is 5.97 Å². The number of amides is 3. The van der Waals surface area contributed by atoms with Crippen LogP contribution in [-0.2, 0) is 26.2 Å². The highest BCUT2D eigenvalue weighted by atomic mass is 32.1. The van der Waals surface area contributed by atoms with Gasteiger partial charge in [0.1, 0.15) is 17.8 Å². The zero-order chi connectivity index (χ0) is 38.5. The molecular weight excluding hydrogens is 691 g/mol. The van der Waals surface area contributed by atoms with E-state index in [0.717, 1.165) is 39.3 Å². The molecule has 0 aliphatic heterocycles. The van der Waals surface area contributed by atoms with Crippen LogP contribution in [-0.4, -0.2) is 76.5 Å². The number of nitrogens with zero attached hydrogens (tertiary/aromatic N) is 3. The monoisotopic (exact) mass is 741 g/mol. The van der Waals surface area contributed by atoms with E-state index < -0.39 is 42.2 Å². The second-order valence-electron chi connectivity index (χ2n) is 14.3. The molecule has 2 aromatic heterocycles. The minimum absolute atomic E-state index is 0.0870. The molecule has 0 spiro atoms. The molecule has 11 nitrogen and oxygen atoms in total. The Balaban J connectivity index is 1.45. The lowest BCUT2D eigenvalue weighted by Gasteiger charge is -2.24. The first kappa shape index (κ1) is 40.7. The number of benzene rings is 2. The molecule has 0 radical (unpaired) electrons. The minimum Gasteiger partial charge on any atom is -0.494 e. The van der Waals surface area contributed by atoms with Crippen LogP contribution < -0.4 is 15.4 Å². The second kappa shape index (κ2) is 19.1. The smallest absolute Gasteiger partial charge is 0.305 e. The van der Waals surface area contributed by atoms with Crippen molar-refractivity contribution in [3.63, 3.8) is 0 Å². The van der Waals surface area contributed by atoms with Gasteiger partial charge in [0.2, 0.25) is 11.8 Å². The Bertz CT molecular complexity index is 1820. The summed E-state index contributed by atoms with van der Waals surface area (Å²) in [6.07, 6.45) is 8.99. The number of nitrogens with one attached hydrogen (secondary N) is 2. The molecule has 0 aliphatic rings. The van der Waals surface area contributed by atoms with E-state index in [1.165, 1.54) is 56.0 Å². The van der Waals surface area contributed by atoms with Gasteiger partial charge in [-0.25, -0.2) is 9.97 Å². The number of carboxylic acid groups (broad SMARTS) is 1. The van der Waals surface area contributed by atoms with Gasteiger partial charge in [0.15, 0.2) is 5.82 Å². The lowest BCUT2D eigenvalue weighted by molar-refractivity contribution is -0.143. The molecule has 12 heteroatoms. The van der Waals surface area contributed by atoms with Crippen molar-refractivity contribution in [2.75, 3.05) is 20.7 Å². The number of thiophene rings is 1. The van der Waals surface area contributed by atoms with Gasteiger partial charge in [-0.1, -0.05) is 89.8 Å². The number of unbranched alkanes of at least 4 members (excludes halogenated alkanes) is 4. The summed E-state index contributed by atoms with van der Waals surface area (Å²) < 4.78 is 5.89. The summed E-state index contributed by atoms with van der Waals surface area (Å²) in [7, 11) is 2.96. The summed E-state index contributed by atoms with van der Waals surface area (Å²) >= 11 is 1.34. The molecule has 282 valence electrons. The van der Waals surface area contributed by atoms with Crippen molar-refractivity contribution in [1.82, 2.24) is 25.5 Å². The molecule has 3 N–H and O–H groups in total. The molecule has 2 atom stereocenters. The molecule has 0 fully saturated rings. The molecule has 0 saturated carbocycles. The Morgan fingerprint density at radius 2 is 1.45 bits per heavy atom. The van der Waals surface area contributed by atoms with Crippen LogP contribution in [0.1, 0.15) is 86.3 Å². The topological polar surface area (TPSA) is 151 Å². The minimum atomic E-state index is -1.30. The number of carbonyl (C=O) groups is 4. The molecule has 3 amide bonds. The number of carbonyl (C=O) groups excluding carboxylic acids is 3. The highest BCUT2D eigenvalue weighted by Crippen LogP contribution is 2.30. The Hall–Kier alpha value is -5.10. The largest absolute Gasteiger partial charge is 0.494 e. The SMILES string of the molecule is CCCCCCCOc1ccc(-c2cnc(-c3ccc(CC(NC(=O)c4ccc(C(C)(C)C)s4)C(=O)NC(CC(=O)O)C(=O)N(C)C)cc3)nc2)cc1. The first-order chi connectivity index (χ1) is 25.2. The van der Waals surface area contributed by atoms with Crippen LogP contribution >= 0.6 is 11.3 Å². The molecule has 4 rings (SSSR count). The quantitative estimate of drug-likeness (QED) is 0.0932. The van der Waals surface area contributed by atoms with Gasteiger partial charge in [-0.15, -0.1) is 11.3 Å². The average molecular weight is 742 g/mol.